The van der Waals surface area contributed by atoms with Crippen LogP contribution in [0.5, 0.6) is 0 Å². The van der Waals surface area contributed by atoms with Crippen molar-refractivity contribution in [1.82, 2.24) is 0 Å². The van der Waals surface area contributed by atoms with Crippen molar-refractivity contribution in [2.45, 2.75) is 26.1 Å². The van der Waals surface area contributed by atoms with Crippen molar-refractivity contribution in [2.24, 2.45) is 0 Å². The third kappa shape index (κ3) is 5.60. The first-order chi connectivity index (χ1) is 21.2. The number of halogens is 2. The fourth-order valence-corrected chi connectivity index (χ4v) is 5.37. The summed E-state index contributed by atoms with van der Waals surface area (Å²) >= 11 is 12.2. The van der Waals surface area contributed by atoms with Crippen molar-refractivity contribution < 1.29 is 23.1 Å². The third-order valence-corrected chi connectivity index (χ3v) is 7.74. The molecule has 0 N–H and O–H groups in total. The van der Waals surface area contributed by atoms with Crippen LogP contribution < -0.4 is 10.9 Å². The minimum absolute atomic E-state index is 0.127. The molecule has 0 spiro atoms. The summed E-state index contributed by atoms with van der Waals surface area (Å²) in [5.74, 6) is 0.470. The van der Waals surface area contributed by atoms with Crippen LogP contribution in [0.25, 0.3) is 44.6 Å². The van der Waals surface area contributed by atoms with Gasteiger partial charge in [-0.15, -0.1) is 0 Å². The number of benzene rings is 4. The Kier molecular flexibility index (Phi) is 7.99. The second-order valence-corrected chi connectivity index (χ2v) is 11.0. The van der Waals surface area contributed by atoms with Crippen LogP contribution in [0.15, 0.2) is 115 Å². The van der Waals surface area contributed by atoms with Gasteiger partial charge in [0.2, 0.25) is 0 Å². The van der Waals surface area contributed by atoms with E-state index in [2.05, 4.69) is 0 Å². The highest BCUT2D eigenvalue weighted by atomic mass is 35.5. The standard InChI is InChI=1S/C35H24Cl2O7/c1-19(29-31(38)25-7-3-5-9-27(25)43-33(29)21-11-15-23(36)16-12-21)41-35(40)42-20(2)30-32(39)26-8-4-6-10-28(26)44-34(30)22-13-17-24(37)18-14-22/h3-20H,1-2H3. The molecule has 0 saturated heterocycles. The van der Waals surface area contributed by atoms with Crippen molar-refractivity contribution in [3.05, 3.63) is 139 Å². The Morgan fingerprint density at radius 2 is 0.955 bits per heavy atom. The van der Waals surface area contributed by atoms with E-state index in [1.807, 2.05) is 0 Å². The number of ether oxygens (including phenoxy) is 2. The van der Waals surface area contributed by atoms with E-state index in [1.165, 1.54) is 0 Å². The number of para-hydroxylation sites is 2. The lowest BCUT2D eigenvalue weighted by atomic mass is 10.0. The van der Waals surface area contributed by atoms with Gasteiger partial charge in [0, 0.05) is 21.2 Å². The van der Waals surface area contributed by atoms with Crippen LogP contribution in [0.2, 0.25) is 10.0 Å². The summed E-state index contributed by atoms with van der Waals surface area (Å²) in [6.45, 7) is 3.10. The van der Waals surface area contributed by atoms with E-state index in [9.17, 15) is 14.4 Å². The predicted molar refractivity (Wildman–Crippen MR) is 170 cm³/mol. The van der Waals surface area contributed by atoms with Gasteiger partial charge in [-0.2, -0.15) is 0 Å². The van der Waals surface area contributed by atoms with Crippen LogP contribution in [0.3, 0.4) is 0 Å². The van der Waals surface area contributed by atoms with Crippen molar-refractivity contribution >= 4 is 51.3 Å². The molecule has 2 atom stereocenters. The van der Waals surface area contributed by atoms with Crippen LogP contribution in [0.1, 0.15) is 37.2 Å². The molecule has 0 bridgehead atoms. The highest BCUT2D eigenvalue weighted by Gasteiger charge is 2.28. The van der Waals surface area contributed by atoms with Gasteiger partial charge in [0.1, 0.15) is 34.9 Å². The molecule has 220 valence electrons. The highest BCUT2D eigenvalue weighted by molar-refractivity contribution is 6.30. The normalized spacial score (nSPS) is 12.6. The number of fused-ring (bicyclic) bond motifs is 2. The minimum atomic E-state index is -1.09. The number of hydrogen-bond acceptors (Lipinski definition) is 7. The zero-order valence-electron chi connectivity index (χ0n) is 23.5. The largest absolute Gasteiger partial charge is 0.509 e. The fraction of sp³-hybridized carbons (Fsp3) is 0.114. The van der Waals surface area contributed by atoms with E-state index in [0.29, 0.717) is 43.1 Å². The lowest BCUT2D eigenvalue weighted by molar-refractivity contribution is 0.00561. The van der Waals surface area contributed by atoms with Gasteiger partial charge in [-0.3, -0.25) is 9.59 Å². The van der Waals surface area contributed by atoms with E-state index in [0.717, 1.165) is 0 Å². The SMILES string of the molecule is CC(OC(=O)OC(C)c1c(-c2ccc(Cl)cc2)oc2ccccc2c1=O)c1c(-c2ccc(Cl)cc2)oc2ccccc2c1=O. The average Bonchev–Trinajstić information content (AvgIpc) is 3.01. The predicted octanol–water partition coefficient (Wildman–Crippen LogP) is 9.52. The van der Waals surface area contributed by atoms with Crippen LogP contribution >= 0.6 is 23.2 Å². The molecule has 0 saturated carbocycles. The van der Waals surface area contributed by atoms with Crippen molar-refractivity contribution in [3.63, 3.8) is 0 Å². The summed E-state index contributed by atoms with van der Waals surface area (Å²) in [6, 6.07) is 27.2. The molecule has 0 fully saturated rings. The Hall–Kier alpha value is -4.85. The molecule has 4 aromatic carbocycles. The molecule has 2 aromatic heterocycles. The fourth-order valence-electron chi connectivity index (χ4n) is 5.12. The molecule has 9 heteroatoms. The lowest BCUT2D eigenvalue weighted by Crippen LogP contribution is -2.22. The Labute approximate surface area is 261 Å². The summed E-state index contributed by atoms with van der Waals surface area (Å²) in [5.41, 5.74) is 1.46. The average molecular weight is 627 g/mol. The molecule has 0 aliphatic carbocycles. The van der Waals surface area contributed by atoms with Crippen molar-refractivity contribution in [1.29, 1.82) is 0 Å². The Morgan fingerprint density at radius 3 is 1.34 bits per heavy atom. The van der Waals surface area contributed by atoms with Crippen LogP contribution in [-0.4, -0.2) is 6.16 Å². The van der Waals surface area contributed by atoms with Crippen molar-refractivity contribution in [3.8, 4) is 22.6 Å². The number of rotatable bonds is 6. The molecule has 6 rings (SSSR count). The quantitative estimate of drug-likeness (QED) is 0.170. The second kappa shape index (κ2) is 12.0. The van der Waals surface area contributed by atoms with Crippen LogP contribution in [0, 0.1) is 0 Å². The van der Waals surface area contributed by atoms with E-state index in [-0.39, 0.29) is 33.5 Å². The van der Waals surface area contributed by atoms with E-state index in [1.54, 1.807) is 111 Å². The summed E-state index contributed by atoms with van der Waals surface area (Å²) in [7, 11) is 0. The maximum Gasteiger partial charge on any atom is 0.509 e. The monoisotopic (exact) mass is 626 g/mol. The van der Waals surface area contributed by atoms with Gasteiger partial charge in [0.25, 0.3) is 0 Å². The number of carbonyl (C=O) groups excluding carboxylic acids is 1. The van der Waals surface area contributed by atoms with Crippen LogP contribution in [-0.2, 0) is 9.47 Å². The zero-order chi connectivity index (χ0) is 31.0. The van der Waals surface area contributed by atoms with E-state index >= 15 is 0 Å². The third-order valence-electron chi connectivity index (χ3n) is 7.24. The minimum Gasteiger partial charge on any atom is -0.455 e. The second-order valence-electron chi connectivity index (χ2n) is 10.1. The zero-order valence-corrected chi connectivity index (χ0v) is 25.0. The molecule has 2 heterocycles. The summed E-state index contributed by atoms with van der Waals surface area (Å²) in [5, 5.41) is 1.69. The molecular weight excluding hydrogens is 603 g/mol. The van der Waals surface area contributed by atoms with Gasteiger partial charge >= 0.3 is 6.16 Å². The first-order valence-electron chi connectivity index (χ1n) is 13.7. The van der Waals surface area contributed by atoms with Gasteiger partial charge in [0.05, 0.1) is 21.9 Å². The first kappa shape index (κ1) is 29.2. The molecule has 0 aliphatic rings. The van der Waals surface area contributed by atoms with E-state index < -0.39 is 18.4 Å². The molecule has 2 unspecified atom stereocenters. The molecule has 6 aromatic rings. The van der Waals surface area contributed by atoms with Gasteiger partial charge in [-0.25, -0.2) is 4.79 Å². The molecule has 0 radical (unpaired) electrons. The summed E-state index contributed by atoms with van der Waals surface area (Å²) in [4.78, 5) is 40.5. The van der Waals surface area contributed by atoms with Crippen molar-refractivity contribution in [2.75, 3.05) is 0 Å². The summed E-state index contributed by atoms with van der Waals surface area (Å²) in [6.07, 6.45) is -3.25. The van der Waals surface area contributed by atoms with Gasteiger partial charge < -0.3 is 18.3 Å². The smallest absolute Gasteiger partial charge is 0.455 e. The van der Waals surface area contributed by atoms with Gasteiger partial charge in [-0.05, 0) is 86.6 Å². The molecule has 0 amide bonds. The Balaban J connectivity index is 1.35. The topological polar surface area (TPSA) is 96.0 Å². The molecule has 0 aliphatic heterocycles. The molecular formula is C35H24Cl2O7. The molecule has 44 heavy (non-hydrogen) atoms. The Morgan fingerprint density at radius 1 is 0.591 bits per heavy atom. The number of carbonyl (C=O) groups is 1. The maximum atomic E-state index is 13.7. The Bertz CT molecular complexity index is 1980. The molecule has 7 nitrogen and oxygen atoms in total. The van der Waals surface area contributed by atoms with Crippen LogP contribution in [0.4, 0.5) is 4.79 Å². The lowest BCUT2D eigenvalue weighted by Gasteiger charge is -2.20. The first-order valence-corrected chi connectivity index (χ1v) is 14.5. The van der Waals surface area contributed by atoms with E-state index in [4.69, 9.17) is 41.5 Å². The van der Waals surface area contributed by atoms with Gasteiger partial charge in [0.15, 0.2) is 10.9 Å². The number of hydrogen-bond donors (Lipinski definition) is 0. The summed E-state index contributed by atoms with van der Waals surface area (Å²) < 4.78 is 23.6. The maximum absolute atomic E-state index is 13.7. The van der Waals surface area contributed by atoms with Gasteiger partial charge in [-0.1, -0.05) is 47.5 Å². The highest BCUT2D eigenvalue weighted by Crippen LogP contribution is 2.34.